The molecule has 0 spiro atoms. The van der Waals surface area contributed by atoms with E-state index < -0.39 is 0 Å². The van der Waals surface area contributed by atoms with Crippen molar-refractivity contribution in [2.75, 3.05) is 0 Å². The van der Waals surface area contributed by atoms with Crippen LogP contribution < -0.4 is 5.43 Å². The first-order chi connectivity index (χ1) is 10.3. The summed E-state index contributed by atoms with van der Waals surface area (Å²) in [5, 5.41) is 18.7. The van der Waals surface area contributed by atoms with Crippen LogP contribution in [0.5, 0.6) is 0 Å². The number of benzene rings is 1. The highest BCUT2D eigenvalue weighted by Gasteiger charge is 2.05. The Balaban J connectivity index is 1.65. The molecule has 8 heteroatoms. The highest BCUT2D eigenvalue weighted by molar-refractivity contribution is 7.08. The fourth-order valence-electron chi connectivity index (χ4n) is 1.62. The van der Waals surface area contributed by atoms with Crippen LogP contribution in [0.2, 0.25) is 0 Å². The summed E-state index contributed by atoms with van der Waals surface area (Å²) in [4.78, 5) is 11.9. The van der Waals surface area contributed by atoms with E-state index in [4.69, 9.17) is 0 Å². The van der Waals surface area contributed by atoms with Gasteiger partial charge in [-0.25, -0.2) is 10.1 Å². The first kappa shape index (κ1) is 13.1. The fraction of sp³-hybridized carbons (Fsp3) is 0. The summed E-state index contributed by atoms with van der Waals surface area (Å²) >= 11 is 1.57. The second kappa shape index (κ2) is 6.06. The summed E-state index contributed by atoms with van der Waals surface area (Å²) in [6, 6.07) is 8.81. The zero-order chi connectivity index (χ0) is 14.5. The summed E-state index contributed by atoms with van der Waals surface area (Å²) in [5.41, 5.74) is 4.72. The first-order valence-electron chi connectivity index (χ1n) is 6.02. The Labute approximate surface area is 123 Å². The molecule has 1 amide bonds. The van der Waals surface area contributed by atoms with Crippen LogP contribution in [-0.4, -0.2) is 32.3 Å². The molecule has 0 radical (unpaired) electrons. The van der Waals surface area contributed by atoms with Gasteiger partial charge in [-0.3, -0.25) is 4.79 Å². The molecule has 0 saturated heterocycles. The van der Waals surface area contributed by atoms with Crippen LogP contribution in [0.3, 0.4) is 0 Å². The molecule has 0 fully saturated rings. The van der Waals surface area contributed by atoms with Crippen molar-refractivity contribution in [1.82, 2.24) is 25.6 Å². The van der Waals surface area contributed by atoms with E-state index in [0.29, 0.717) is 5.56 Å². The normalized spacial score (nSPS) is 10.9. The number of hydrazone groups is 1. The van der Waals surface area contributed by atoms with Crippen molar-refractivity contribution in [2.24, 2.45) is 5.10 Å². The topological polar surface area (TPSA) is 85.1 Å². The number of aromatic nitrogens is 4. The lowest BCUT2D eigenvalue weighted by Crippen LogP contribution is -2.17. The summed E-state index contributed by atoms with van der Waals surface area (Å²) in [6.45, 7) is 0. The number of nitrogens with one attached hydrogen (secondary N) is 1. The lowest BCUT2D eigenvalue weighted by molar-refractivity contribution is 0.0955. The van der Waals surface area contributed by atoms with Gasteiger partial charge >= 0.3 is 0 Å². The Bertz CT molecular complexity index is 734. The second-order valence-corrected chi connectivity index (χ2v) is 4.84. The zero-order valence-electron chi connectivity index (χ0n) is 10.7. The summed E-state index contributed by atoms with van der Waals surface area (Å²) < 4.78 is 1.51. The third kappa shape index (κ3) is 3.18. The lowest BCUT2D eigenvalue weighted by atomic mass is 10.2. The van der Waals surface area contributed by atoms with Gasteiger partial charge in [-0.05, 0) is 51.5 Å². The molecule has 0 atom stereocenters. The number of carbonyl (C=O) groups excluding carboxylic acids is 1. The van der Waals surface area contributed by atoms with E-state index in [-0.39, 0.29) is 5.91 Å². The number of amides is 1. The Hall–Kier alpha value is -2.87. The van der Waals surface area contributed by atoms with E-state index in [9.17, 15) is 4.79 Å². The van der Waals surface area contributed by atoms with Crippen molar-refractivity contribution < 1.29 is 4.79 Å². The van der Waals surface area contributed by atoms with Crippen molar-refractivity contribution in [3.8, 4) is 5.69 Å². The minimum absolute atomic E-state index is 0.273. The number of carbonyl (C=O) groups is 1. The highest BCUT2D eigenvalue weighted by Crippen LogP contribution is 2.07. The molecule has 2 heterocycles. The van der Waals surface area contributed by atoms with Gasteiger partial charge in [-0.1, -0.05) is 0 Å². The average molecular weight is 298 g/mol. The van der Waals surface area contributed by atoms with Crippen LogP contribution in [0.4, 0.5) is 0 Å². The molecule has 3 aromatic rings. The van der Waals surface area contributed by atoms with Crippen LogP contribution in [0.15, 0.2) is 52.5 Å². The van der Waals surface area contributed by atoms with Crippen LogP contribution in [-0.2, 0) is 0 Å². The zero-order valence-corrected chi connectivity index (χ0v) is 11.6. The maximum atomic E-state index is 11.9. The predicted octanol–water partition coefficient (Wildman–Crippen LogP) is 1.49. The van der Waals surface area contributed by atoms with Crippen molar-refractivity contribution in [2.45, 2.75) is 0 Å². The number of thiophene rings is 1. The van der Waals surface area contributed by atoms with Crippen molar-refractivity contribution in [3.05, 3.63) is 58.5 Å². The van der Waals surface area contributed by atoms with Gasteiger partial charge in [0, 0.05) is 11.1 Å². The van der Waals surface area contributed by atoms with E-state index in [1.165, 1.54) is 11.0 Å². The molecule has 7 nitrogen and oxygen atoms in total. The highest BCUT2D eigenvalue weighted by atomic mass is 32.1. The van der Waals surface area contributed by atoms with Gasteiger partial charge in [0.1, 0.15) is 6.33 Å². The Kier molecular flexibility index (Phi) is 3.79. The molecule has 0 aliphatic rings. The van der Waals surface area contributed by atoms with Gasteiger partial charge in [0.15, 0.2) is 0 Å². The minimum atomic E-state index is -0.273. The molecule has 1 aromatic carbocycles. The van der Waals surface area contributed by atoms with Crippen LogP contribution in [0, 0.1) is 0 Å². The number of hydrogen-bond acceptors (Lipinski definition) is 6. The number of hydrogen-bond donors (Lipinski definition) is 1. The largest absolute Gasteiger partial charge is 0.271 e. The van der Waals surface area contributed by atoms with Gasteiger partial charge < -0.3 is 0 Å². The molecule has 2 aromatic heterocycles. The van der Waals surface area contributed by atoms with E-state index >= 15 is 0 Å². The molecule has 0 saturated carbocycles. The van der Waals surface area contributed by atoms with E-state index in [2.05, 4.69) is 26.1 Å². The third-order valence-corrected chi connectivity index (χ3v) is 3.37. The summed E-state index contributed by atoms with van der Waals surface area (Å²) in [6.07, 6.45) is 3.09. The predicted molar refractivity (Wildman–Crippen MR) is 78.5 cm³/mol. The molecule has 0 unspecified atom stereocenters. The molecule has 104 valence electrons. The van der Waals surface area contributed by atoms with E-state index in [0.717, 1.165) is 11.3 Å². The van der Waals surface area contributed by atoms with Crippen molar-refractivity contribution >= 4 is 23.5 Å². The number of tetrazole rings is 1. The Morgan fingerprint density at radius 3 is 2.81 bits per heavy atom. The molecule has 1 N–H and O–H groups in total. The first-order valence-corrected chi connectivity index (χ1v) is 6.96. The SMILES string of the molecule is O=C(NN=Cc1ccsc1)c1ccc(-n2cnnn2)cc1. The third-order valence-electron chi connectivity index (χ3n) is 2.67. The molecule has 0 aliphatic carbocycles. The second-order valence-electron chi connectivity index (χ2n) is 4.06. The minimum Gasteiger partial charge on any atom is -0.267 e. The molecule has 21 heavy (non-hydrogen) atoms. The van der Waals surface area contributed by atoms with Gasteiger partial charge in [0.25, 0.3) is 5.91 Å². The summed E-state index contributed by atoms with van der Waals surface area (Å²) in [5.74, 6) is -0.273. The maximum absolute atomic E-state index is 11.9. The Morgan fingerprint density at radius 2 is 2.14 bits per heavy atom. The van der Waals surface area contributed by atoms with Crippen molar-refractivity contribution in [1.29, 1.82) is 0 Å². The summed E-state index contributed by atoms with van der Waals surface area (Å²) in [7, 11) is 0. The van der Waals surface area contributed by atoms with Gasteiger partial charge in [0.2, 0.25) is 0 Å². The smallest absolute Gasteiger partial charge is 0.267 e. The standard InChI is InChI=1S/C13H10N6OS/c20-13(16-14-7-10-5-6-21-8-10)11-1-3-12(4-2-11)19-9-15-17-18-19/h1-9H,(H,16,20). The monoisotopic (exact) mass is 298 g/mol. The van der Waals surface area contributed by atoms with E-state index in [1.807, 2.05) is 16.8 Å². The Morgan fingerprint density at radius 1 is 1.29 bits per heavy atom. The van der Waals surface area contributed by atoms with Gasteiger partial charge in [0.05, 0.1) is 11.9 Å². The quantitative estimate of drug-likeness (QED) is 0.584. The van der Waals surface area contributed by atoms with Gasteiger partial charge in [-0.15, -0.1) is 5.10 Å². The molecule has 0 bridgehead atoms. The molecule has 3 rings (SSSR count). The molecular weight excluding hydrogens is 288 g/mol. The fourth-order valence-corrected chi connectivity index (χ4v) is 2.23. The lowest BCUT2D eigenvalue weighted by Gasteiger charge is -2.02. The van der Waals surface area contributed by atoms with Crippen LogP contribution in [0.1, 0.15) is 15.9 Å². The van der Waals surface area contributed by atoms with Crippen LogP contribution >= 0.6 is 11.3 Å². The van der Waals surface area contributed by atoms with E-state index in [1.54, 1.807) is 41.8 Å². The molecular formula is C13H10N6OS. The van der Waals surface area contributed by atoms with Gasteiger partial charge in [-0.2, -0.15) is 16.4 Å². The average Bonchev–Trinajstić information content (AvgIpc) is 3.21. The van der Waals surface area contributed by atoms with Crippen LogP contribution in [0.25, 0.3) is 5.69 Å². The number of nitrogens with zero attached hydrogens (tertiary/aromatic N) is 5. The maximum Gasteiger partial charge on any atom is 0.271 e. The molecule has 0 aliphatic heterocycles. The van der Waals surface area contributed by atoms with Crippen molar-refractivity contribution in [3.63, 3.8) is 0 Å². The number of rotatable bonds is 4.